The number of pyridine rings is 1. The molecule has 0 atom stereocenters. The number of hydrogen-bond acceptors (Lipinski definition) is 4. The second-order valence-electron chi connectivity index (χ2n) is 2.66. The van der Waals surface area contributed by atoms with Crippen molar-refractivity contribution < 1.29 is 18.6 Å². The molecule has 0 aliphatic carbocycles. The van der Waals surface area contributed by atoms with E-state index in [4.69, 9.17) is 15.1 Å². The van der Waals surface area contributed by atoms with Crippen LogP contribution in [0.25, 0.3) is 0 Å². The summed E-state index contributed by atoms with van der Waals surface area (Å²) in [4.78, 5) is 3.57. The van der Waals surface area contributed by atoms with Crippen molar-refractivity contribution in [2.75, 3.05) is 7.11 Å². The van der Waals surface area contributed by atoms with E-state index >= 15 is 0 Å². The van der Waals surface area contributed by atoms with Crippen molar-refractivity contribution in [2.24, 2.45) is 0 Å². The zero-order valence-corrected chi connectivity index (χ0v) is 7.87. The standard InChI is InChI=1S/C9H8F2N2O2/c1-15-7-2-5(4-14)8(9(10)11)6(3-12)13-7/h2,9,14H,4H2,1H3. The number of nitriles is 1. The van der Waals surface area contributed by atoms with Gasteiger partial charge in [-0.1, -0.05) is 0 Å². The molecule has 1 aromatic rings. The molecule has 15 heavy (non-hydrogen) atoms. The van der Waals surface area contributed by atoms with Crippen LogP contribution >= 0.6 is 0 Å². The summed E-state index contributed by atoms with van der Waals surface area (Å²) in [5, 5.41) is 17.5. The molecule has 80 valence electrons. The van der Waals surface area contributed by atoms with Gasteiger partial charge in [-0.3, -0.25) is 0 Å². The number of nitrogens with zero attached hydrogens (tertiary/aromatic N) is 2. The van der Waals surface area contributed by atoms with Gasteiger partial charge in [-0.05, 0) is 5.56 Å². The second-order valence-corrected chi connectivity index (χ2v) is 2.66. The summed E-state index contributed by atoms with van der Waals surface area (Å²) in [6, 6.07) is 2.73. The van der Waals surface area contributed by atoms with Gasteiger partial charge in [0.25, 0.3) is 6.43 Å². The third-order valence-corrected chi connectivity index (χ3v) is 1.82. The van der Waals surface area contributed by atoms with Crippen LogP contribution in [0.4, 0.5) is 8.78 Å². The van der Waals surface area contributed by atoms with Crippen molar-refractivity contribution >= 4 is 0 Å². The van der Waals surface area contributed by atoms with Crippen LogP contribution in [-0.4, -0.2) is 17.2 Å². The molecule has 0 aliphatic rings. The number of alkyl halides is 2. The van der Waals surface area contributed by atoms with Crippen LogP contribution in [0, 0.1) is 11.3 Å². The van der Waals surface area contributed by atoms with Crippen LogP contribution in [0.2, 0.25) is 0 Å². The summed E-state index contributed by atoms with van der Waals surface area (Å²) < 4.78 is 29.8. The van der Waals surface area contributed by atoms with Crippen LogP contribution < -0.4 is 4.74 Å². The summed E-state index contributed by atoms with van der Waals surface area (Å²) in [6.45, 7) is -0.590. The highest BCUT2D eigenvalue weighted by Gasteiger charge is 2.20. The molecule has 0 fully saturated rings. The number of methoxy groups -OCH3 is 1. The molecule has 0 aromatic carbocycles. The number of ether oxygens (including phenoxy) is 1. The smallest absolute Gasteiger partial charge is 0.267 e. The Kier molecular flexibility index (Phi) is 3.52. The summed E-state index contributed by atoms with van der Waals surface area (Å²) >= 11 is 0. The van der Waals surface area contributed by atoms with Gasteiger partial charge in [0.2, 0.25) is 5.88 Å². The van der Waals surface area contributed by atoms with E-state index in [0.29, 0.717) is 0 Å². The lowest BCUT2D eigenvalue weighted by atomic mass is 10.1. The van der Waals surface area contributed by atoms with E-state index in [-0.39, 0.29) is 11.4 Å². The van der Waals surface area contributed by atoms with Crippen molar-refractivity contribution in [2.45, 2.75) is 13.0 Å². The van der Waals surface area contributed by atoms with Gasteiger partial charge in [0, 0.05) is 6.07 Å². The fraction of sp³-hybridized carbons (Fsp3) is 0.333. The number of aromatic nitrogens is 1. The number of halogens is 2. The lowest BCUT2D eigenvalue weighted by molar-refractivity contribution is 0.146. The van der Waals surface area contributed by atoms with Gasteiger partial charge in [-0.25, -0.2) is 13.8 Å². The van der Waals surface area contributed by atoms with Crippen molar-refractivity contribution in [3.05, 3.63) is 22.9 Å². The van der Waals surface area contributed by atoms with Gasteiger partial charge in [0.15, 0.2) is 5.69 Å². The summed E-state index contributed by atoms with van der Waals surface area (Å²) in [5.74, 6) is 0.0278. The van der Waals surface area contributed by atoms with Gasteiger partial charge in [0.1, 0.15) is 6.07 Å². The van der Waals surface area contributed by atoms with Crippen LogP contribution in [0.15, 0.2) is 6.07 Å². The Morgan fingerprint density at radius 1 is 1.67 bits per heavy atom. The first-order valence-electron chi connectivity index (χ1n) is 4.01. The Labute approximate surface area is 84.7 Å². The van der Waals surface area contributed by atoms with E-state index in [1.807, 2.05) is 0 Å². The molecule has 0 aliphatic heterocycles. The number of rotatable bonds is 3. The van der Waals surface area contributed by atoms with Gasteiger partial charge in [0.05, 0.1) is 19.3 Å². The highest BCUT2D eigenvalue weighted by atomic mass is 19.3. The molecule has 1 rings (SSSR count). The average Bonchev–Trinajstić information content (AvgIpc) is 2.26. The maximum atomic E-state index is 12.6. The zero-order valence-electron chi connectivity index (χ0n) is 7.87. The second kappa shape index (κ2) is 4.66. The summed E-state index contributed by atoms with van der Waals surface area (Å²) in [6.07, 6.45) is -2.85. The van der Waals surface area contributed by atoms with Gasteiger partial charge in [-0.15, -0.1) is 0 Å². The van der Waals surface area contributed by atoms with Crippen LogP contribution in [0.5, 0.6) is 5.88 Å². The number of hydrogen-bond donors (Lipinski definition) is 1. The summed E-state index contributed by atoms with van der Waals surface area (Å²) in [5.41, 5.74) is -1.01. The molecule has 6 heteroatoms. The minimum atomic E-state index is -2.85. The lowest BCUT2D eigenvalue weighted by Gasteiger charge is -2.09. The molecule has 1 heterocycles. The third kappa shape index (κ3) is 2.19. The molecule has 0 saturated carbocycles. The summed E-state index contributed by atoms with van der Waals surface area (Å²) in [7, 11) is 1.30. The van der Waals surface area contributed by atoms with E-state index in [9.17, 15) is 8.78 Å². The Hall–Kier alpha value is -1.74. The van der Waals surface area contributed by atoms with E-state index in [1.165, 1.54) is 13.2 Å². The predicted octanol–water partition coefficient (Wildman–Crippen LogP) is 1.39. The molecule has 4 nitrogen and oxygen atoms in total. The normalized spacial score (nSPS) is 10.1. The van der Waals surface area contributed by atoms with Gasteiger partial charge < -0.3 is 9.84 Å². The van der Waals surface area contributed by atoms with Crippen molar-refractivity contribution in [1.82, 2.24) is 4.98 Å². The average molecular weight is 214 g/mol. The third-order valence-electron chi connectivity index (χ3n) is 1.82. The van der Waals surface area contributed by atoms with Crippen LogP contribution in [0.1, 0.15) is 23.2 Å². The maximum absolute atomic E-state index is 12.6. The largest absolute Gasteiger partial charge is 0.481 e. The van der Waals surface area contributed by atoms with Crippen molar-refractivity contribution in [3.63, 3.8) is 0 Å². The molecule has 0 unspecified atom stereocenters. The Morgan fingerprint density at radius 3 is 2.73 bits per heavy atom. The molecule has 0 bridgehead atoms. The Morgan fingerprint density at radius 2 is 2.33 bits per heavy atom. The first-order chi connectivity index (χ1) is 7.13. The molecular weight excluding hydrogens is 206 g/mol. The molecule has 0 radical (unpaired) electrons. The Bertz CT molecular complexity index is 402. The minimum Gasteiger partial charge on any atom is -0.481 e. The topological polar surface area (TPSA) is 66.1 Å². The van der Waals surface area contributed by atoms with Crippen LogP contribution in [0.3, 0.4) is 0 Å². The first-order valence-corrected chi connectivity index (χ1v) is 4.01. The molecule has 1 aromatic heterocycles. The first kappa shape index (κ1) is 11.3. The van der Waals surface area contributed by atoms with E-state index in [1.54, 1.807) is 6.07 Å². The Balaban J connectivity index is 3.41. The van der Waals surface area contributed by atoms with Crippen LogP contribution in [-0.2, 0) is 6.61 Å². The van der Waals surface area contributed by atoms with Gasteiger partial charge in [-0.2, -0.15) is 5.26 Å². The maximum Gasteiger partial charge on any atom is 0.267 e. The molecule has 0 saturated heterocycles. The van der Waals surface area contributed by atoms with E-state index < -0.39 is 24.3 Å². The van der Waals surface area contributed by atoms with Gasteiger partial charge >= 0.3 is 0 Å². The fourth-order valence-corrected chi connectivity index (χ4v) is 1.15. The molecular formula is C9H8F2N2O2. The highest BCUT2D eigenvalue weighted by Crippen LogP contribution is 2.28. The van der Waals surface area contributed by atoms with Crippen molar-refractivity contribution in [3.8, 4) is 11.9 Å². The molecule has 0 spiro atoms. The predicted molar refractivity (Wildman–Crippen MR) is 46.4 cm³/mol. The van der Waals surface area contributed by atoms with Crippen molar-refractivity contribution in [1.29, 1.82) is 5.26 Å². The molecule has 0 amide bonds. The lowest BCUT2D eigenvalue weighted by Crippen LogP contribution is -2.03. The SMILES string of the molecule is COc1cc(CO)c(C(F)F)c(C#N)n1. The van der Waals surface area contributed by atoms with E-state index in [0.717, 1.165) is 0 Å². The number of aliphatic hydroxyl groups is 1. The monoisotopic (exact) mass is 214 g/mol. The zero-order chi connectivity index (χ0) is 11.4. The van der Waals surface area contributed by atoms with E-state index in [2.05, 4.69) is 4.98 Å². The number of aliphatic hydroxyl groups excluding tert-OH is 1. The molecule has 1 N–H and O–H groups in total. The minimum absolute atomic E-state index is 0.0278. The quantitative estimate of drug-likeness (QED) is 0.825. The highest BCUT2D eigenvalue weighted by molar-refractivity contribution is 5.41. The fourth-order valence-electron chi connectivity index (χ4n) is 1.15.